The van der Waals surface area contributed by atoms with Crippen molar-refractivity contribution in [3.05, 3.63) is 53.6 Å². The zero-order chi connectivity index (χ0) is 22.6. The molecule has 6 nitrogen and oxygen atoms in total. The second-order valence-corrected chi connectivity index (χ2v) is 8.25. The lowest BCUT2D eigenvalue weighted by Gasteiger charge is -2.26. The molecule has 2 N–H and O–H groups in total. The number of halogens is 5. The van der Waals surface area contributed by atoms with Gasteiger partial charge in [0, 0.05) is 24.6 Å². The Labute approximate surface area is 184 Å². The van der Waals surface area contributed by atoms with E-state index in [1.807, 2.05) is 0 Å². The van der Waals surface area contributed by atoms with E-state index in [0.29, 0.717) is 6.42 Å². The molecular weight excluding hydrogens is 451 g/mol. The summed E-state index contributed by atoms with van der Waals surface area (Å²) in [6, 6.07) is 3.30. The molecule has 1 aromatic carbocycles. The summed E-state index contributed by atoms with van der Waals surface area (Å²) in [5.74, 6) is -1.94. The van der Waals surface area contributed by atoms with Crippen LogP contribution in [0.1, 0.15) is 24.4 Å². The first-order valence-electron chi connectivity index (χ1n) is 9.92. The Morgan fingerprint density at radius 3 is 2.66 bits per heavy atom. The van der Waals surface area contributed by atoms with Gasteiger partial charge in [-0.25, -0.2) is 27.1 Å². The van der Waals surface area contributed by atoms with E-state index >= 15 is 0 Å². The fraction of sp³-hybridized carbons (Fsp3) is 0.350. The molecule has 5 rings (SSSR count). The Hall–Kier alpha value is -3.02. The predicted octanol–water partition coefficient (Wildman–Crippen LogP) is 3.83. The molecule has 3 heterocycles. The molecule has 2 aromatic heterocycles. The third kappa shape index (κ3) is 3.83. The third-order valence-electron chi connectivity index (χ3n) is 5.56. The van der Waals surface area contributed by atoms with Crippen molar-refractivity contribution in [1.82, 2.24) is 19.9 Å². The molecule has 168 valence electrons. The normalized spacial score (nSPS) is 24.7. The largest absolute Gasteiger partial charge is 0.357 e. The van der Waals surface area contributed by atoms with Gasteiger partial charge in [0.15, 0.2) is 10.8 Å². The molecule has 0 amide bonds. The maximum Gasteiger partial charge on any atom is 0.258 e. The van der Waals surface area contributed by atoms with E-state index in [9.17, 15) is 22.0 Å². The summed E-state index contributed by atoms with van der Waals surface area (Å²) in [4.78, 5) is 5.89. The van der Waals surface area contributed by atoms with Crippen LogP contribution < -0.4 is 15.5 Å². The maximum atomic E-state index is 14.4. The topological polar surface area (TPSA) is 57.5 Å². The van der Waals surface area contributed by atoms with Crippen LogP contribution in [0, 0.1) is 17.6 Å². The number of thiocarbonyl (C=S) groups is 1. The van der Waals surface area contributed by atoms with Gasteiger partial charge in [-0.3, -0.25) is 0 Å². The maximum absolute atomic E-state index is 14.4. The Morgan fingerprint density at radius 2 is 1.91 bits per heavy atom. The van der Waals surface area contributed by atoms with Crippen molar-refractivity contribution in [2.24, 2.45) is 0 Å². The fourth-order valence-electron chi connectivity index (χ4n) is 3.89. The van der Waals surface area contributed by atoms with Gasteiger partial charge in [0.25, 0.3) is 5.95 Å². The lowest BCUT2D eigenvalue weighted by Crippen LogP contribution is -2.31. The van der Waals surface area contributed by atoms with Crippen molar-refractivity contribution >= 4 is 34.5 Å². The molecule has 4 atom stereocenters. The Balaban J connectivity index is 1.48. The van der Waals surface area contributed by atoms with Crippen molar-refractivity contribution in [3.8, 4) is 0 Å². The van der Waals surface area contributed by atoms with E-state index in [2.05, 4.69) is 20.7 Å². The first-order valence-corrected chi connectivity index (χ1v) is 10.3. The molecule has 2 fully saturated rings. The van der Waals surface area contributed by atoms with Crippen LogP contribution in [0.15, 0.2) is 30.5 Å². The molecular formula is C20H17F5N6S. The lowest BCUT2D eigenvalue weighted by molar-refractivity contribution is 0.355. The standard InChI is InChI=1S/C20H17F5N6S/c21-9-1-2-12(23)11(5-9)15-6-10(22)8-30(15)16-3-4-31-19(27-16)17(18(25)29-31)28-20(32)26-14-7-13(14)24/h1-5,10,13-15H,6-8H2,(H2,26,28,32)/t10-,13-,14+,15-/m1/s1. The lowest BCUT2D eigenvalue weighted by atomic mass is 10.0. The number of nitrogens with one attached hydrogen (secondary N) is 2. The SMILES string of the molecule is Fc1ccc(F)c([C@H]2C[C@@H](F)CN2c2ccn3nc(F)c(NC(=S)N[C@H]4C[C@H]4F)c3n2)c1. The van der Waals surface area contributed by atoms with E-state index in [4.69, 9.17) is 12.2 Å². The van der Waals surface area contributed by atoms with E-state index in [1.165, 1.54) is 21.7 Å². The van der Waals surface area contributed by atoms with Gasteiger partial charge in [-0.2, -0.15) is 4.39 Å². The molecule has 1 aliphatic heterocycles. The Bertz CT molecular complexity index is 1200. The summed E-state index contributed by atoms with van der Waals surface area (Å²) in [5, 5.41) is 9.11. The molecule has 1 aliphatic carbocycles. The van der Waals surface area contributed by atoms with Gasteiger partial charge in [0.1, 0.15) is 35.5 Å². The van der Waals surface area contributed by atoms with Crippen molar-refractivity contribution in [3.63, 3.8) is 0 Å². The van der Waals surface area contributed by atoms with Gasteiger partial charge in [0.2, 0.25) is 0 Å². The van der Waals surface area contributed by atoms with Crippen molar-refractivity contribution in [1.29, 1.82) is 0 Å². The highest BCUT2D eigenvalue weighted by Crippen LogP contribution is 2.38. The molecule has 1 saturated heterocycles. The molecule has 12 heteroatoms. The number of alkyl halides is 2. The van der Waals surface area contributed by atoms with Gasteiger partial charge >= 0.3 is 0 Å². The number of aromatic nitrogens is 3. The predicted molar refractivity (Wildman–Crippen MR) is 112 cm³/mol. The molecule has 2 aliphatic rings. The highest BCUT2D eigenvalue weighted by molar-refractivity contribution is 7.80. The molecule has 1 saturated carbocycles. The first kappa shape index (κ1) is 20.9. The minimum Gasteiger partial charge on any atom is -0.357 e. The first-order chi connectivity index (χ1) is 15.3. The van der Waals surface area contributed by atoms with Crippen LogP contribution in [0.3, 0.4) is 0 Å². The van der Waals surface area contributed by atoms with Crippen molar-refractivity contribution < 1.29 is 22.0 Å². The zero-order valence-corrected chi connectivity index (χ0v) is 17.2. The number of benzene rings is 1. The van der Waals surface area contributed by atoms with Gasteiger partial charge in [-0.15, -0.1) is 5.10 Å². The number of hydrogen-bond donors (Lipinski definition) is 2. The van der Waals surface area contributed by atoms with E-state index in [-0.39, 0.29) is 40.8 Å². The minimum atomic E-state index is -1.29. The molecule has 0 bridgehead atoms. The highest BCUT2D eigenvalue weighted by atomic mass is 32.1. The van der Waals surface area contributed by atoms with Crippen LogP contribution in [0.25, 0.3) is 5.65 Å². The molecule has 32 heavy (non-hydrogen) atoms. The minimum absolute atomic E-state index is 0.0143. The van der Waals surface area contributed by atoms with Gasteiger partial charge in [0.05, 0.1) is 18.6 Å². The Kier molecular flexibility index (Phi) is 5.11. The average Bonchev–Trinajstić information content (AvgIpc) is 3.15. The van der Waals surface area contributed by atoms with Gasteiger partial charge < -0.3 is 15.5 Å². The smallest absolute Gasteiger partial charge is 0.258 e. The van der Waals surface area contributed by atoms with Crippen LogP contribution in [0.2, 0.25) is 0 Å². The highest BCUT2D eigenvalue weighted by Gasteiger charge is 2.38. The van der Waals surface area contributed by atoms with Crippen LogP contribution >= 0.6 is 12.2 Å². The van der Waals surface area contributed by atoms with E-state index in [1.54, 1.807) is 0 Å². The summed E-state index contributed by atoms with van der Waals surface area (Å²) in [6.45, 7) is -0.0945. The quantitative estimate of drug-likeness (QED) is 0.449. The molecule has 3 aromatic rings. The summed E-state index contributed by atoms with van der Waals surface area (Å²) < 4.78 is 71.1. The van der Waals surface area contributed by atoms with Crippen molar-refractivity contribution in [2.75, 3.05) is 16.8 Å². The number of anilines is 2. The molecule has 0 unspecified atom stereocenters. The van der Waals surface area contributed by atoms with Gasteiger partial charge in [-0.1, -0.05) is 0 Å². The van der Waals surface area contributed by atoms with Gasteiger partial charge in [-0.05, 0) is 36.5 Å². The Morgan fingerprint density at radius 1 is 1.12 bits per heavy atom. The number of hydrogen-bond acceptors (Lipinski definition) is 4. The second kappa shape index (κ2) is 7.84. The third-order valence-corrected chi connectivity index (χ3v) is 5.78. The zero-order valence-electron chi connectivity index (χ0n) is 16.4. The number of nitrogens with zero attached hydrogens (tertiary/aromatic N) is 4. The molecule has 0 spiro atoms. The van der Waals surface area contributed by atoms with E-state index < -0.39 is 42.0 Å². The second-order valence-electron chi connectivity index (χ2n) is 7.84. The molecule has 0 radical (unpaired) electrons. The van der Waals surface area contributed by atoms with Crippen LogP contribution in [0.5, 0.6) is 0 Å². The van der Waals surface area contributed by atoms with Crippen molar-refractivity contribution in [2.45, 2.75) is 37.3 Å². The average molecular weight is 468 g/mol. The fourth-order valence-corrected chi connectivity index (χ4v) is 4.15. The van der Waals surface area contributed by atoms with Crippen LogP contribution in [-0.4, -0.2) is 44.6 Å². The van der Waals surface area contributed by atoms with E-state index in [0.717, 1.165) is 18.2 Å². The monoisotopic (exact) mass is 468 g/mol. The summed E-state index contributed by atoms with van der Waals surface area (Å²) in [6.07, 6.45) is -0.600. The summed E-state index contributed by atoms with van der Waals surface area (Å²) in [7, 11) is 0. The summed E-state index contributed by atoms with van der Waals surface area (Å²) in [5.41, 5.74) is -0.0668. The van der Waals surface area contributed by atoms with Crippen LogP contribution in [-0.2, 0) is 0 Å². The van der Waals surface area contributed by atoms with Crippen LogP contribution in [0.4, 0.5) is 33.5 Å². The summed E-state index contributed by atoms with van der Waals surface area (Å²) >= 11 is 5.10. The number of fused-ring (bicyclic) bond motifs is 1. The number of rotatable bonds is 4.